The van der Waals surface area contributed by atoms with Crippen molar-refractivity contribution in [3.8, 4) is 0 Å². The van der Waals surface area contributed by atoms with E-state index < -0.39 is 39.0 Å². The van der Waals surface area contributed by atoms with Crippen LogP contribution in [0.2, 0.25) is 5.04 Å². The summed E-state index contributed by atoms with van der Waals surface area (Å²) in [5, 5.41) is 24.6. The molecule has 4 aromatic carbocycles. The Morgan fingerprint density at radius 1 is 0.651 bits per heavy atom. The van der Waals surface area contributed by atoms with Crippen LogP contribution >= 0.6 is 0 Å². The maximum Gasteiger partial charge on any atom is 0.264 e. The van der Waals surface area contributed by atoms with Crippen LogP contribution in [0, 0.1) is 0 Å². The number of ether oxygens (including phenoxy) is 3. The fraction of sp³-hybridized carbons (Fsp3) is 0.333. The Labute approximate surface area is 256 Å². The van der Waals surface area contributed by atoms with Gasteiger partial charge in [0, 0.05) is 0 Å². The standard InChI is InChI=1S/C36H42O6Si/c1-36(2,3)43(29-20-12-6-13-21-29,30-22-14-7-15-23-30)42-35-34(40-25-28-18-10-5-11-19-28)33(38)32(37)31(41-35)26-39-24-27-16-8-4-9-17-27/h4-23,31-35,37-38H,24-26H2,1-3H3/t31-,32+,33+,34-,35+/m1/s1. The molecule has 5 atom stereocenters. The zero-order valence-corrected chi connectivity index (χ0v) is 26.1. The molecule has 43 heavy (non-hydrogen) atoms. The van der Waals surface area contributed by atoms with Crippen LogP contribution in [-0.2, 0) is 31.9 Å². The van der Waals surface area contributed by atoms with Crippen molar-refractivity contribution in [1.29, 1.82) is 0 Å². The molecule has 4 aromatic rings. The quantitative estimate of drug-likeness (QED) is 0.241. The van der Waals surface area contributed by atoms with E-state index in [1.54, 1.807) is 0 Å². The number of hydrogen-bond acceptors (Lipinski definition) is 6. The second-order valence-corrected chi connectivity index (χ2v) is 16.3. The van der Waals surface area contributed by atoms with Gasteiger partial charge in [-0.1, -0.05) is 142 Å². The topological polar surface area (TPSA) is 77.4 Å². The lowest BCUT2D eigenvalue weighted by Crippen LogP contribution is -2.71. The average molecular weight is 599 g/mol. The first kappa shape index (κ1) is 31.3. The Morgan fingerprint density at radius 2 is 1.12 bits per heavy atom. The summed E-state index contributed by atoms with van der Waals surface area (Å²) in [5.41, 5.74) is 1.96. The number of aliphatic hydroxyl groups is 2. The summed E-state index contributed by atoms with van der Waals surface area (Å²) in [7, 11) is -3.09. The van der Waals surface area contributed by atoms with E-state index in [1.807, 2.05) is 97.1 Å². The minimum absolute atomic E-state index is 0.0825. The van der Waals surface area contributed by atoms with Crippen LogP contribution in [0.5, 0.6) is 0 Å². The van der Waals surface area contributed by atoms with Gasteiger partial charge in [0.05, 0.1) is 19.8 Å². The average Bonchev–Trinajstić information content (AvgIpc) is 3.03. The number of benzene rings is 4. The van der Waals surface area contributed by atoms with Crippen molar-refractivity contribution in [1.82, 2.24) is 0 Å². The van der Waals surface area contributed by atoms with E-state index in [-0.39, 0.29) is 18.3 Å². The molecule has 0 bridgehead atoms. The smallest absolute Gasteiger partial charge is 0.264 e. The van der Waals surface area contributed by atoms with Gasteiger partial charge in [-0.15, -0.1) is 0 Å². The van der Waals surface area contributed by atoms with Gasteiger partial charge in [0.1, 0.15) is 24.4 Å². The fourth-order valence-corrected chi connectivity index (χ4v) is 10.4. The SMILES string of the molecule is CC(C)(C)[Si](O[C@@H]1O[C@H](COCc2ccccc2)[C@H](O)[C@H](O)[C@H]1OCc1ccccc1)(c1ccccc1)c1ccccc1. The summed E-state index contributed by atoms with van der Waals surface area (Å²) in [4.78, 5) is 0. The lowest BCUT2D eigenvalue weighted by atomic mass is 9.99. The Kier molecular flexibility index (Phi) is 10.3. The molecule has 1 fully saturated rings. The van der Waals surface area contributed by atoms with Gasteiger partial charge in [-0.25, -0.2) is 0 Å². The van der Waals surface area contributed by atoms with E-state index in [0.29, 0.717) is 6.61 Å². The molecule has 1 heterocycles. The van der Waals surface area contributed by atoms with Gasteiger partial charge >= 0.3 is 0 Å². The molecule has 1 aliphatic rings. The molecule has 0 amide bonds. The number of rotatable bonds is 11. The van der Waals surface area contributed by atoms with Gasteiger partial charge in [-0.2, -0.15) is 0 Å². The molecule has 0 aromatic heterocycles. The van der Waals surface area contributed by atoms with Crippen molar-refractivity contribution < 1.29 is 28.8 Å². The maximum atomic E-state index is 11.5. The molecule has 0 aliphatic carbocycles. The van der Waals surface area contributed by atoms with Crippen molar-refractivity contribution in [2.24, 2.45) is 0 Å². The summed E-state index contributed by atoms with van der Waals surface area (Å²) in [6.45, 7) is 7.24. The predicted molar refractivity (Wildman–Crippen MR) is 170 cm³/mol. The predicted octanol–water partition coefficient (Wildman–Crippen LogP) is 4.81. The van der Waals surface area contributed by atoms with Crippen LogP contribution in [0.15, 0.2) is 121 Å². The van der Waals surface area contributed by atoms with Gasteiger partial charge in [0.2, 0.25) is 0 Å². The van der Waals surface area contributed by atoms with Crippen LogP contribution in [0.3, 0.4) is 0 Å². The zero-order chi connectivity index (χ0) is 30.3. The van der Waals surface area contributed by atoms with E-state index in [0.717, 1.165) is 21.5 Å². The summed E-state index contributed by atoms with van der Waals surface area (Å²) in [6, 6.07) is 40.1. The van der Waals surface area contributed by atoms with Crippen molar-refractivity contribution in [2.75, 3.05) is 6.61 Å². The third-order valence-corrected chi connectivity index (χ3v) is 13.0. The highest BCUT2D eigenvalue weighted by atomic mass is 28.4. The van der Waals surface area contributed by atoms with Crippen LogP contribution in [0.25, 0.3) is 0 Å². The lowest BCUT2D eigenvalue weighted by Gasteiger charge is -2.49. The molecule has 2 N–H and O–H groups in total. The first-order valence-electron chi connectivity index (χ1n) is 14.9. The Bertz CT molecular complexity index is 1340. The molecule has 0 saturated carbocycles. The van der Waals surface area contributed by atoms with Crippen molar-refractivity contribution in [2.45, 2.75) is 69.7 Å². The summed E-state index contributed by atoms with van der Waals surface area (Å²) in [6.07, 6.45) is -5.22. The van der Waals surface area contributed by atoms with E-state index in [4.69, 9.17) is 18.6 Å². The van der Waals surface area contributed by atoms with Crippen LogP contribution in [0.1, 0.15) is 31.9 Å². The summed E-state index contributed by atoms with van der Waals surface area (Å²) >= 11 is 0. The summed E-state index contributed by atoms with van der Waals surface area (Å²) in [5.74, 6) is 0. The Hall–Kier alpha value is -3.14. The molecule has 0 unspecified atom stereocenters. The lowest BCUT2D eigenvalue weighted by molar-refractivity contribution is -0.294. The van der Waals surface area contributed by atoms with Crippen LogP contribution in [0.4, 0.5) is 0 Å². The summed E-state index contributed by atoms with van der Waals surface area (Å²) < 4.78 is 26.2. The minimum Gasteiger partial charge on any atom is -0.387 e. The first-order chi connectivity index (χ1) is 20.8. The molecule has 1 aliphatic heterocycles. The molecule has 0 radical (unpaired) electrons. The van der Waals surface area contributed by atoms with E-state index in [9.17, 15) is 10.2 Å². The Balaban J connectivity index is 1.50. The second kappa shape index (κ2) is 14.1. The van der Waals surface area contributed by atoms with Gasteiger partial charge in [-0.05, 0) is 26.5 Å². The van der Waals surface area contributed by atoms with Gasteiger partial charge in [0.15, 0.2) is 6.29 Å². The monoisotopic (exact) mass is 598 g/mol. The molecule has 226 valence electrons. The Morgan fingerprint density at radius 3 is 1.60 bits per heavy atom. The molecule has 0 spiro atoms. The van der Waals surface area contributed by atoms with Crippen LogP contribution in [-0.4, -0.2) is 55.8 Å². The second-order valence-electron chi connectivity index (χ2n) is 12.1. The zero-order valence-electron chi connectivity index (χ0n) is 25.1. The van der Waals surface area contributed by atoms with E-state index in [2.05, 4.69) is 45.0 Å². The highest BCUT2D eigenvalue weighted by Gasteiger charge is 2.55. The fourth-order valence-electron chi connectivity index (χ4n) is 5.81. The third-order valence-electron chi connectivity index (χ3n) is 8.03. The number of hydrogen-bond donors (Lipinski definition) is 2. The molecule has 5 rings (SSSR count). The van der Waals surface area contributed by atoms with Gasteiger partial charge in [0.25, 0.3) is 8.32 Å². The molecule has 1 saturated heterocycles. The molecular weight excluding hydrogens is 556 g/mol. The van der Waals surface area contributed by atoms with Gasteiger partial charge in [-0.3, -0.25) is 0 Å². The van der Waals surface area contributed by atoms with E-state index in [1.165, 1.54) is 0 Å². The molecule has 7 heteroatoms. The highest BCUT2D eigenvalue weighted by Crippen LogP contribution is 2.39. The molecule has 6 nitrogen and oxygen atoms in total. The van der Waals surface area contributed by atoms with Crippen LogP contribution < -0.4 is 10.4 Å². The normalized spacial score (nSPS) is 22.8. The van der Waals surface area contributed by atoms with Crippen molar-refractivity contribution in [3.63, 3.8) is 0 Å². The van der Waals surface area contributed by atoms with Crippen molar-refractivity contribution >= 4 is 18.7 Å². The molecular formula is C36H42O6Si. The highest BCUT2D eigenvalue weighted by molar-refractivity contribution is 6.99. The number of aliphatic hydroxyl groups excluding tert-OH is 2. The minimum atomic E-state index is -3.09. The third kappa shape index (κ3) is 7.16. The van der Waals surface area contributed by atoms with Crippen molar-refractivity contribution in [3.05, 3.63) is 132 Å². The largest absolute Gasteiger partial charge is 0.387 e. The van der Waals surface area contributed by atoms with E-state index >= 15 is 0 Å². The van der Waals surface area contributed by atoms with Gasteiger partial charge < -0.3 is 28.8 Å². The first-order valence-corrected chi connectivity index (χ1v) is 16.8. The maximum absolute atomic E-state index is 11.5.